The Hall–Kier alpha value is -1.86. The quantitative estimate of drug-likeness (QED) is 0.788. The molecule has 0 spiro atoms. The highest BCUT2D eigenvalue weighted by Gasteiger charge is 2.37. The maximum atomic E-state index is 11.7. The number of ether oxygens (including phenoxy) is 2. The smallest absolute Gasteiger partial charge is 0.341 e. The Bertz CT molecular complexity index is 497. The third kappa shape index (κ3) is 2.83. The Morgan fingerprint density at radius 2 is 2.20 bits per heavy atom. The molecular formula is C13H17NO6. The molecule has 1 aromatic rings. The summed E-state index contributed by atoms with van der Waals surface area (Å²) in [4.78, 5) is 25.0. The van der Waals surface area contributed by atoms with Crippen LogP contribution in [0.15, 0.2) is 16.7 Å². The van der Waals surface area contributed by atoms with Gasteiger partial charge in [-0.25, -0.2) is 4.79 Å². The summed E-state index contributed by atoms with van der Waals surface area (Å²) >= 11 is 0. The summed E-state index contributed by atoms with van der Waals surface area (Å²) in [7, 11) is 2.59. The van der Waals surface area contributed by atoms with Crippen LogP contribution in [-0.2, 0) is 20.8 Å². The molecule has 0 unspecified atom stereocenters. The van der Waals surface area contributed by atoms with E-state index in [1.807, 2.05) is 0 Å². The molecule has 1 N–H and O–H groups in total. The lowest BCUT2D eigenvalue weighted by Crippen LogP contribution is -2.36. The summed E-state index contributed by atoms with van der Waals surface area (Å²) in [6.07, 6.45) is 1.10. The Morgan fingerprint density at radius 3 is 2.85 bits per heavy atom. The lowest BCUT2D eigenvalue weighted by Gasteiger charge is -2.21. The topological polar surface area (TPSA) is 89.2 Å². The molecule has 0 amide bonds. The SMILES string of the molecule is COC(=O)c1ccoc1CN1C[C@@H](O)C[C@@H]1C(=O)OC. The van der Waals surface area contributed by atoms with Crippen molar-refractivity contribution in [2.45, 2.75) is 25.1 Å². The molecule has 1 aromatic heterocycles. The minimum absolute atomic E-state index is 0.230. The van der Waals surface area contributed by atoms with E-state index >= 15 is 0 Å². The molecule has 0 aliphatic carbocycles. The zero-order chi connectivity index (χ0) is 14.7. The van der Waals surface area contributed by atoms with Crippen LogP contribution in [0.3, 0.4) is 0 Å². The molecule has 0 radical (unpaired) electrons. The predicted molar refractivity (Wildman–Crippen MR) is 66.9 cm³/mol. The molecule has 2 atom stereocenters. The number of aliphatic hydroxyl groups is 1. The molecule has 1 aliphatic heterocycles. The van der Waals surface area contributed by atoms with Crippen LogP contribution in [0.4, 0.5) is 0 Å². The normalized spacial score (nSPS) is 22.8. The van der Waals surface area contributed by atoms with Crippen molar-refractivity contribution in [3.63, 3.8) is 0 Å². The first-order chi connectivity index (χ1) is 9.56. The molecule has 1 fully saturated rings. The van der Waals surface area contributed by atoms with Crippen molar-refractivity contribution < 1.29 is 28.6 Å². The van der Waals surface area contributed by atoms with Gasteiger partial charge in [0.05, 0.1) is 33.1 Å². The number of carbonyl (C=O) groups is 2. The van der Waals surface area contributed by atoms with Crippen molar-refractivity contribution in [3.8, 4) is 0 Å². The third-order valence-corrected chi connectivity index (χ3v) is 3.35. The van der Waals surface area contributed by atoms with Gasteiger partial charge in [-0.15, -0.1) is 0 Å². The maximum Gasteiger partial charge on any atom is 0.341 e. The number of hydrogen-bond acceptors (Lipinski definition) is 7. The van der Waals surface area contributed by atoms with Crippen molar-refractivity contribution >= 4 is 11.9 Å². The summed E-state index contributed by atoms with van der Waals surface area (Å²) in [6.45, 7) is 0.551. The van der Waals surface area contributed by atoms with Gasteiger partial charge in [0.1, 0.15) is 17.4 Å². The van der Waals surface area contributed by atoms with E-state index in [-0.39, 0.29) is 6.54 Å². The van der Waals surface area contributed by atoms with Gasteiger partial charge in [-0.05, 0) is 6.07 Å². The molecule has 2 rings (SSSR count). The Balaban J connectivity index is 2.14. The molecular weight excluding hydrogens is 266 g/mol. The highest BCUT2D eigenvalue weighted by molar-refractivity contribution is 5.90. The van der Waals surface area contributed by atoms with Crippen LogP contribution in [0.5, 0.6) is 0 Å². The van der Waals surface area contributed by atoms with Crippen molar-refractivity contribution in [1.29, 1.82) is 0 Å². The fourth-order valence-electron chi connectivity index (χ4n) is 2.37. The molecule has 2 heterocycles. The average Bonchev–Trinajstić information content (AvgIpc) is 3.04. The fourth-order valence-corrected chi connectivity index (χ4v) is 2.37. The van der Waals surface area contributed by atoms with E-state index in [1.165, 1.54) is 26.5 Å². The average molecular weight is 283 g/mol. The molecule has 1 aliphatic rings. The van der Waals surface area contributed by atoms with Gasteiger partial charge >= 0.3 is 11.9 Å². The van der Waals surface area contributed by atoms with E-state index in [1.54, 1.807) is 4.90 Å². The van der Waals surface area contributed by atoms with Crippen LogP contribution in [0.1, 0.15) is 22.5 Å². The molecule has 7 heteroatoms. The number of carbonyl (C=O) groups excluding carboxylic acids is 2. The zero-order valence-electron chi connectivity index (χ0n) is 11.4. The minimum atomic E-state index is -0.601. The number of methoxy groups -OCH3 is 2. The van der Waals surface area contributed by atoms with Gasteiger partial charge in [0, 0.05) is 13.0 Å². The van der Waals surface area contributed by atoms with Gasteiger partial charge in [0.2, 0.25) is 0 Å². The fraction of sp³-hybridized carbons (Fsp3) is 0.538. The Labute approximate surface area is 116 Å². The number of furan rings is 1. The van der Waals surface area contributed by atoms with Crippen LogP contribution in [0.25, 0.3) is 0 Å². The third-order valence-electron chi connectivity index (χ3n) is 3.35. The number of likely N-dealkylation sites (tertiary alicyclic amines) is 1. The molecule has 7 nitrogen and oxygen atoms in total. The first-order valence-electron chi connectivity index (χ1n) is 6.21. The second-order valence-electron chi connectivity index (χ2n) is 4.61. The Morgan fingerprint density at radius 1 is 1.45 bits per heavy atom. The summed E-state index contributed by atoms with van der Waals surface area (Å²) in [5.41, 5.74) is 0.317. The molecule has 0 bridgehead atoms. The van der Waals surface area contributed by atoms with Crippen LogP contribution < -0.4 is 0 Å². The van der Waals surface area contributed by atoms with Crippen LogP contribution in [0.2, 0.25) is 0 Å². The number of hydrogen-bond donors (Lipinski definition) is 1. The van der Waals surface area contributed by atoms with Crippen molar-refractivity contribution in [1.82, 2.24) is 4.90 Å². The van der Waals surface area contributed by atoms with Gasteiger partial charge in [0.25, 0.3) is 0 Å². The summed E-state index contributed by atoms with van der Waals surface area (Å²) in [5, 5.41) is 9.70. The van der Waals surface area contributed by atoms with Crippen molar-refractivity contribution in [2.24, 2.45) is 0 Å². The minimum Gasteiger partial charge on any atom is -0.468 e. The van der Waals surface area contributed by atoms with Crippen LogP contribution >= 0.6 is 0 Å². The van der Waals surface area contributed by atoms with Gasteiger partial charge in [-0.2, -0.15) is 0 Å². The summed E-state index contributed by atoms with van der Waals surface area (Å²) in [6, 6.07) is 0.978. The predicted octanol–water partition coefficient (Wildman–Crippen LogP) is 0.174. The number of aliphatic hydroxyl groups excluding tert-OH is 1. The van der Waals surface area contributed by atoms with E-state index in [9.17, 15) is 14.7 Å². The van der Waals surface area contributed by atoms with Gasteiger partial charge in [0.15, 0.2) is 0 Å². The lowest BCUT2D eigenvalue weighted by atomic mass is 10.2. The maximum absolute atomic E-state index is 11.7. The molecule has 110 valence electrons. The number of nitrogens with zero attached hydrogens (tertiary/aromatic N) is 1. The van der Waals surface area contributed by atoms with E-state index in [0.29, 0.717) is 24.3 Å². The second-order valence-corrected chi connectivity index (χ2v) is 4.61. The van der Waals surface area contributed by atoms with Crippen LogP contribution in [-0.4, -0.2) is 54.9 Å². The monoisotopic (exact) mass is 283 g/mol. The number of β-amino-alcohol motifs (C(OH)–C–C–N with tert-alkyl or cyclic N) is 1. The molecule has 0 aromatic carbocycles. The van der Waals surface area contributed by atoms with Crippen molar-refractivity contribution in [2.75, 3.05) is 20.8 Å². The van der Waals surface area contributed by atoms with E-state index in [2.05, 4.69) is 4.74 Å². The highest BCUT2D eigenvalue weighted by atomic mass is 16.5. The first kappa shape index (κ1) is 14.5. The van der Waals surface area contributed by atoms with Gasteiger partial charge in [-0.1, -0.05) is 0 Å². The second kappa shape index (κ2) is 6.06. The molecule has 1 saturated heterocycles. The van der Waals surface area contributed by atoms with Gasteiger partial charge in [-0.3, -0.25) is 9.69 Å². The van der Waals surface area contributed by atoms with E-state index < -0.39 is 24.1 Å². The van der Waals surface area contributed by atoms with E-state index in [4.69, 9.17) is 9.15 Å². The highest BCUT2D eigenvalue weighted by Crippen LogP contribution is 2.23. The number of rotatable bonds is 4. The number of esters is 2. The summed E-state index contributed by atoms with van der Waals surface area (Å²) in [5.74, 6) is -0.504. The summed E-state index contributed by atoms with van der Waals surface area (Å²) < 4.78 is 14.6. The lowest BCUT2D eigenvalue weighted by molar-refractivity contribution is -0.146. The molecule has 0 saturated carbocycles. The first-order valence-corrected chi connectivity index (χ1v) is 6.21. The standard InChI is InChI=1S/C13H17NO6/c1-18-12(16)9-3-4-20-11(9)7-14-6-8(15)5-10(14)13(17)19-2/h3-4,8,10,15H,5-7H2,1-2H3/t8-,10+/m0/s1. The largest absolute Gasteiger partial charge is 0.468 e. The van der Waals surface area contributed by atoms with Crippen LogP contribution in [0, 0.1) is 0 Å². The van der Waals surface area contributed by atoms with Gasteiger partial charge < -0.3 is 19.0 Å². The zero-order valence-corrected chi connectivity index (χ0v) is 11.4. The van der Waals surface area contributed by atoms with E-state index in [0.717, 1.165) is 0 Å². The Kier molecular flexibility index (Phi) is 4.41. The molecule has 20 heavy (non-hydrogen) atoms. The van der Waals surface area contributed by atoms with Crippen molar-refractivity contribution in [3.05, 3.63) is 23.7 Å².